The second-order valence-corrected chi connectivity index (χ2v) is 5.31. The number of carbonyl (C=O) groups excluding carboxylic acids is 1. The maximum Gasteiger partial charge on any atom is 0.356 e. The van der Waals surface area contributed by atoms with Crippen molar-refractivity contribution in [3.8, 4) is 11.3 Å². The zero-order valence-electron chi connectivity index (χ0n) is 13.2. The Morgan fingerprint density at radius 3 is 2.43 bits per heavy atom. The molecule has 0 N–H and O–H groups in total. The van der Waals surface area contributed by atoms with E-state index < -0.39 is 0 Å². The zero-order chi connectivity index (χ0) is 15.7. The number of hydrogen-bond donors (Lipinski definition) is 0. The Bertz CT molecular complexity index is 825. The fourth-order valence-electron chi connectivity index (χ4n) is 2.45. The number of carbonyl (C=O) groups is 1. The first-order chi connectivity index (χ1) is 10.6. The number of hydrogen-bond acceptors (Lipinski definition) is 3. The molecule has 0 bridgehead atoms. The Morgan fingerprint density at radius 2 is 1.83 bits per heavy atom. The first kappa shape index (κ1) is 17.4. The molecule has 3 aromatic rings. The monoisotopic (exact) mass is 423 g/mol. The summed E-state index contributed by atoms with van der Waals surface area (Å²) in [4.78, 5) is 16.9. The largest absolute Gasteiger partial charge is 1.00 e. The average Bonchev–Trinajstić information content (AvgIpc) is 2.84. The van der Waals surface area contributed by atoms with Crippen LogP contribution < -0.4 is 28.4 Å². The molecule has 2 heterocycles. The van der Waals surface area contributed by atoms with E-state index in [0.717, 1.165) is 16.9 Å². The Hall–Kier alpha value is -1.93. The molecule has 0 aliphatic carbocycles. The summed E-state index contributed by atoms with van der Waals surface area (Å²) in [6.07, 6.45) is 4.09. The summed E-state index contributed by atoms with van der Waals surface area (Å²) in [5.41, 5.74) is 3.77. The Morgan fingerprint density at radius 1 is 1.13 bits per heavy atom. The van der Waals surface area contributed by atoms with Gasteiger partial charge in [0.25, 0.3) is 5.65 Å². The van der Waals surface area contributed by atoms with Crippen molar-refractivity contribution in [3.63, 3.8) is 0 Å². The van der Waals surface area contributed by atoms with Gasteiger partial charge in [-0.25, -0.2) is 13.8 Å². The highest BCUT2D eigenvalue weighted by atomic mass is 127. The number of nitrogens with zero attached hydrogens (tertiary/aromatic N) is 3. The van der Waals surface area contributed by atoms with Crippen LogP contribution in [0.1, 0.15) is 10.4 Å². The molecule has 0 spiro atoms. The van der Waals surface area contributed by atoms with Crippen LogP contribution in [0.2, 0.25) is 0 Å². The van der Waals surface area contributed by atoms with Crippen molar-refractivity contribution in [3.05, 3.63) is 60.4 Å². The van der Waals surface area contributed by atoms with E-state index in [-0.39, 0.29) is 29.9 Å². The number of hydroxylamine groups is 2. The van der Waals surface area contributed by atoms with Crippen molar-refractivity contribution in [2.24, 2.45) is 7.05 Å². The SMILES string of the molecule is CN(C)OC(=O)c1ccc(-c2c[n+]3ccccc3n2C)cc1.[I-]. The lowest BCUT2D eigenvalue weighted by Gasteiger charge is -2.09. The van der Waals surface area contributed by atoms with Crippen LogP contribution in [0.15, 0.2) is 54.9 Å². The number of pyridine rings is 1. The van der Waals surface area contributed by atoms with Crippen LogP contribution in [0.25, 0.3) is 16.9 Å². The standard InChI is InChI=1S/C17H18N3O2.HI/c1-18(2)22-17(21)14-9-7-13(8-10-14)15-12-20-11-5-4-6-16(20)19(15)3;/h4-12H,1-3H3;1H/q+1;/p-1. The van der Waals surface area contributed by atoms with E-state index in [1.54, 1.807) is 26.2 Å². The molecule has 0 amide bonds. The fraction of sp³-hybridized carbons (Fsp3) is 0.176. The lowest BCUT2D eigenvalue weighted by molar-refractivity contribution is -0.510. The van der Waals surface area contributed by atoms with Crippen molar-refractivity contribution in [1.82, 2.24) is 9.63 Å². The maximum atomic E-state index is 11.8. The van der Waals surface area contributed by atoms with E-state index in [1.807, 2.05) is 37.5 Å². The van der Waals surface area contributed by atoms with Gasteiger partial charge in [-0.05, 0) is 30.3 Å². The highest BCUT2D eigenvalue weighted by Gasteiger charge is 2.16. The lowest BCUT2D eigenvalue weighted by Crippen LogP contribution is -3.00. The molecule has 0 unspecified atom stereocenters. The van der Waals surface area contributed by atoms with Gasteiger partial charge in [0, 0.05) is 25.7 Å². The van der Waals surface area contributed by atoms with Crippen LogP contribution in [-0.4, -0.2) is 29.7 Å². The summed E-state index contributed by atoms with van der Waals surface area (Å²) >= 11 is 0. The number of aryl methyl sites for hydroxylation is 1. The summed E-state index contributed by atoms with van der Waals surface area (Å²) < 4.78 is 4.19. The van der Waals surface area contributed by atoms with Crippen molar-refractivity contribution in [1.29, 1.82) is 0 Å². The number of fused-ring (bicyclic) bond motifs is 1. The third-order valence-corrected chi connectivity index (χ3v) is 3.52. The van der Waals surface area contributed by atoms with Crippen molar-refractivity contribution < 1.29 is 38.0 Å². The first-order valence-electron chi connectivity index (χ1n) is 7.02. The molecular formula is C17H18IN3O2. The van der Waals surface area contributed by atoms with Crippen LogP contribution in [0, 0.1) is 0 Å². The second-order valence-electron chi connectivity index (χ2n) is 5.31. The number of rotatable bonds is 3. The topological polar surface area (TPSA) is 38.6 Å². The molecular weight excluding hydrogens is 405 g/mol. The predicted molar refractivity (Wildman–Crippen MR) is 83.1 cm³/mol. The van der Waals surface area contributed by atoms with E-state index in [2.05, 4.69) is 21.2 Å². The fourth-order valence-corrected chi connectivity index (χ4v) is 2.45. The molecule has 0 aliphatic heterocycles. The van der Waals surface area contributed by atoms with Gasteiger partial charge < -0.3 is 28.8 Å². The Labute approximate surface area is 152 Å². The van der Waals surface area contributed by atoms with Gasteiger partial charge in [0.05, 0.1) is 18.8 Å². The minimum atomic E-state index is -0.358. The molecule has 0 saturated carbocycles. The molecule has 0 saturated heterocycles. The highest BCUT2D eigenvalue weighted by Crippen LogP contribution is 2.20. The normalized spacial score (nSPS) is 10.6. The van der Waals surface area contributed by atoms with Crippen molar-refractivity contribution >= 4 is 11.6 Å². The van der Waals surface area contributed by atoms with E-state index in [9.17, 15) is 4.79 Å². The number of imidazole rings is 1. The quantitative estimate of drug-likeness (QED) is 0.311. The van der Waals surface area contributed by atoms with Gasteiger partial charge in [0.2, 0.25) is 0 Å². The van der Waals surface area contributed by atoms with Crippen LogP contribution in [0.5, 0.6) is 0 Å². The lowest BCUT2D eigenvalue weighted by atomic mass is 10.1. The van der Waals surface area contributed by atoms with E-state index in [1.165, 1.54) is 5.06 Å². The van der Waals surface area contributed by atoms with Crippen molar-refractivity contribution in [2.75, 3.05) is 14.1 Å². The van der Waals surface area contributed by atoms with Gasteiger partial charge in [-0.3, -0.25) is 0 Å². The molecule has 6 heteroatoms. The molecule has 23 heavy (non-hydrogen) atoms. The minimum Gasteiger partial charge on any atom is -1.00 e. The molecule has 0 atom stereocenters. The van der Waals surface area contributed by atoms with Crippen molar-refractivity contribution in [2.45, 2.75) is 0 Å². The van der Waals surface area contributed by atoms with Crippen LogP contribution in [0.4, 0.5) is 0 Å². The molecule has 0 radical (unpaired) electrons. The molecule has 2 aromatic heterocycles. The first-order valence-corrected chi connectivity index (χ1v) is 7.02. The third-order valence-electron chi connectivity index (χ3n) is 3.52. The van der Waals surface area contributed by atoms with Crippen LogP contribution in [-0.2, 0) is 11.9 Å². The molecule has 5 nitrogen and oxygen atoms in total. The third kappa shape index (κ3) is 3.53. The Balaban J connectivity index is 0.00000192. The summed E-state index contributed by atoms with van der Waals surface area (Å²) in [6.45, 7) is 0. The van der Waals surface area contributed by atoms with Gasteiger partial charge in [-0.2, -0.15) is 0 Å². The molecule has 0 aliphatic rings. The Kier molecular flexibility index (Phi) is 5.38. The number of halogens is 1. The van der Waals surface area contributed by atoms with Gasteiger partial charge >= 0.3 is 5.97 Å². The molecule has 0 fully saturated rings. The average molecular weight is 423 g/mol. The summed E-state index contributed by atoms with van der Waals surface area (Å²) in [5.74, 6) is -0.358. The molecule has 3 rings (SSSR count). The second kappa shape index (κ2) is 7.10. The van der Waals surface area contributed by atoms with Crippen LogP contribution in [0.3, 0.4) is 0 Å². The minimum absolute atomic E-state index is 0. The zero-order valence-corrected chi connectivity index (χ0v) is 15.4. The molecule has 1 aromatic carbocycles. The smallest absolute Gasteiger partial charge is 0.356 e. The number of aromatic nitrogens is 2. The van der Waals surface area contributed by atoms with Gasteiger partial charge in [-0.1, -0.05) is 6.07 Å². The summed E-state index contributed by atoms with van der Waals surface area (Å²) in [5, 5.41) is 1.39. The highest BCUT2D eigenvalue weighted by molar-refractivity contribution is 5.89. The van der Waals surface area contributed by atoms with E-state index >= 15 is 0 Å². The molecule has 120 valence electrons. The van der Waals surface area contributed by atoms with E-state index in [4.69, 9.17) is 4.84 Å². The summed E-state index contributed by atoms with van der Waals surface area (Å²) in [6, 6.07) is 13.5. The predicted octanol–water partition coefficient (Wildman–Crippen LogP) is -0.932. The van der Waals surface area contributed by atoms with E-state index in [0.29, 0.717) is 5.56 Å². The number of benzene rings is 1. The summed E-state index contributed by atoms with van der Waals surface area (Å²) in [7, 11) is 5.39. The van der Waals surface area contributed by atoms with Gasteiger partial charge in [0.1, 0.15) is 6.20 Å². The maximum absolute atomic E-state index is 11.8. The van der Waals surface area contributed by atoms with Crippen LogP contribution >= 0.6 is 0 Å². The van der Waals surface area contributed by atoms with Gasteiger partial charge in [-0.15, -0.1) is 5.06 Å². The van der Waals surface area contributed by atoms with Gasteiger partial charge in [0.15, 0.2) is 5.69 Å².